The van der Waals surface area contributed by atoms with Crippen LogP contribution in [0.15, 0.2) is 90.1 Å². The van der Waals surface area contributed by atoms with Gasteiger partial charge < -0.3 is 25.6 Å². The molecule has 0 spiro atoms. The second-order valence-electron chi connectivity index (χ2n) is 15.7. The van der Waals surface area contributed by atoms with Crippen molar-refractivity contribution in [2.24, 2.45) is 0 Å². The summed E-state index contributed by atoms with van der Waals surface area (Å²) in [5.41, 5.74) is 5.08. The van der Waals surface area contributed by atoms with Crippen LogP contribution < -0.4 is 16.0 Å². The van der Waals surface area contributed by atoms with Gasteiger partial charge in [0.05, 0.1) is 31.8 Å². The van der Waals surface area contributed by atoms with Crippen LogP contribution in [0.4, 0.5) is 45.1 Å². The fraction of sp³-hybridized carbons (Fsp3) is 0.239. The Kier molecular flexibility index (Phi) is 11.6. The van der Waals surface area contributed by atoms with Crippen LogP contribution in [0.3, 0.4) is 0 Å². The van der Waals surface area contributed by atoms with E-state index in [0.29, 0.717) is 39.3 Å². The molecule has 6 aromatic heterocycles. The largest absolute Gasteiger partial charge is 0.445 e. The number of hydrogen-bond donors (Lipinski definition) is 3. The van der Waals surface area contributed by atoms with E-state index in [2.05, 4.69) is 48.9 Å². The standard InChI is InChI=1S/C27H22F2N4O2S2.C19H16F2N4S2/c1-15-17(8-10-33(15)27(34)35-13-16-5-3-2-4-6-16)21-11-18-20(7-9-30-26(18)37-21)32-24-19(28)12-22-25(23(24)29)31-14-36-22;1-9-10(2-4-22-9)14-6-11-13(3-5-23-19(11)27-14)25-17-12(20)7-15-18(16(17)21)24-8-26-15/h2-7,9,11-12,14-15,17H,8,10,13H2,1H3,(H,30,32);3,5-10,22H,2,4H2,1H3,(H,23,25). The third kappa shape index (κ3) is 8.01. The zero-order valence-electron chi connectivity index (χ0n) is 34.2. The van der Waals surface area contributed by atoms with Gasteiger partial charge in [0.1, 0.15) is 38.7 Å². The van der Waals surface area contributed by atoms with Gasteiger partial charge in [-0.05, 0) is 75.2 Å². The number of fused-ring (bicyclic) bond motifs is 4. The van der Waals surface area contributed by atoms with E-state index in [1.165, 1.54) is 62.0 Å². The first-order chi connectivity index (χ1) is 31.1. The molecule has 326 valence electrons. The molecule has 8 heterocycles. The number of thiazole rings is 2. The summed E-state index contributed by atoms with van der Waals surface area (Å²) >= 11 is 5.59. The highest BCUT2D eigenvalue weighted by atomic mass is 32.1. The number of hydrogen-bond acceptors (Lipinski definition) is 13. The van der Waals surface area contributed by atoms with Crippen LogP contribution in [0, 0.1) is 23.3 Å². The van der Waals surface area contributed by atoms with Gasteiger partial charge in [-0.1, -0.05) is 30.3 Å². The molecule has 4 atom stereocenters. The third-order valence-corrected chi connectivity index (χ3v) is 15.8. The normalized spacial score (nSPS) is 18.6. The number of amides is 1. The van der Waals surface area contributed by atoms with Gasteiger partial charge in [-0.25, -0.2) is 42.3 Å². The Bertz CT molecular complexity index is 3180. The van der Waals surface area contributed by atoms with Gasteiger partial charge in [0, 0.05) is 63.4 Å². The number of pyridine rings is 2. The van der Waals surface area contributed by atoms with E-state index in [9.17, 15) is 18.0 Å². The van der Waals surface area contributed by atoms with Gasteiger partial charge in [-0.15, -0.1) is 45.3 Å². The predicted octanol–water partition coefficient (Wildman–Crippen LogP) is 12.8. The summed E-state index contributed by atoms with van der Waals surface area (Å²) in [6.07, 6.45) is 4.83. The maximum Gasteiger partial charge on any atom is 0.410 e. The highest BCUT2D eigenvalue weighted by Crippen LogP contribution is 2.43. The number of nitrogens with zero attached hydrogens (tertiary/aromatic N) is 5. The fourth-order valence-electron chi connectivity index (χ4n) is 8.49. The Morgan fingerprint density at radius 1 is 0.750 bits per heavy atom. The molecule has 1 amide bonds. The van der Waals surface area contributed by atoms with E-state index in [1.54, 1.807) is 40.8 Å². The molecule has 0 bridgehead atoms. The molecule has 2 aliphatic heterocycles. The number of anilines is 4. The Hall–Kier alpha value is -5.79. The van der Waals surface area contributed by atoms with E-state index < -0.39 is 23.3 Å². The Morgan fingerprint density at radius 3 is 1.86 bits per heavy atom. The molecule has 9 aromatic rings. The van der Waals surface area contributed by atoms with Crippen LogP contribution >= 0.6 is 45.3 Å². The summed E-state index contributed by atoms with van der Waals surface area (Å²) in [5, 5.41) is 11.0. The zero-order valence-corrected chi connectivity index (χ0v) is 37.5. The quantitative estimate of drug-likeness (QED) is 0.128. The van der Waals surface area contributed by atoms with Crippen LogP contribution in [0.2, 0.25) is 0 Å². The number of carbonyl (C=O) groups excluding carboxylic acids is 1. The number of benzene rings is 3. The molecule has 2 saturated heterocycles. The van der Waals surface area contributed by atoms with Crippen LogP contribution in [0.5, 0.6) is 0 Å². The maximum atomic E-state index is 15.0. The van der Waals surface area contributed by atoms with Crippen molar-refractivity contribution in [2.75, 3.05) is 23.7 Å². The highest BCUT2D eigenvalue weighted by molar-refractivity contribution is 7.19. The van der Waals surface area contributed by atoms with Crippen LogP contribution in [0.1, 0.15) is 53.8 Å². The summed E-state index contributed by atoms with van der Waals surface area (Å²) in [4.78, 5) is 35.4. The molecule has 64 heavy (non-hydrogen) atoms. The third-order valence-electron chi connectivity index (χ3n) is 11.9. The molecule has 3 N–H and O–H groups in total. The smallest absolute Gasteiger partial charge is 0.410 e. The molecule has 11 rings (SSSR count). The molecule has 0 aliphatic carbocycles. The first-order valence-corrected chi connectivity index (χ1v) is 23.9. The van der Waals surface area contributed by atoms with E-state index in [4.69, 9.17) is 4.74 Å². The van der Waals surface area contributed by atoms with Crippen molar-refractivity contribution < 1.29 is 27.1 Å². The minimum atomic E-state index is -0.717. The summed E-state index contributed by atoms with van der Waals surface area (Å²) < 4.78 is 65.5. The number of carbonyl (C=O) groups is 1. The number of ether oxygens (including phenoxy) is 1. The van der Waals surface area contributed by atoms with Gasteiger partial charge in [-0.2, -0.15) is 0 Å². The van der Waals surface area contributed by atoms with Crippen molar-refractivity contribution >= 4 is 115 Å². The molecule has 3 aromatic carbocycles. The molecular weight excluding hydrogens is 901 g/mol. The first kappa shape index (κ1) is 42.2. The van der Waals surface area contributed by atoms with Gasteiger partial charge in [0.15, 0.2) is 23.3 Å². The van der Waals surface area contributed by atoms with E-state index >= 15 is 4.39 Å². The van der Waals surface area contributed by atoms with Crippen molar-refractivity contribution in [3.05, 3.63) is 129 Å². The average molecular weight is 939 g/mol. The first-order valence-electron chi connectivity index (χ1n) is 20.5. The Balaban J connectivity index is 0.000000159. The number of thiophene rings is 2. The Morgan fingerprint density at radius 2 is 1.31 bits per heavy atom. The van der Waals surface area contributed by atoms with E-state index in [0.717, 1.165) is 50.3 Å². The van der Waals surface area contributed by atoms with Crippen molar-refractivity contribution in [2.45, 2.75) is 57.2 Å². The molecule has 0 saturated carbocycles. The molecule has 10 nitrogen and oxygen atoms in total. The van der Waals surface area contributed by atoms with Gasteiger partial charge in [0.25, 0.3) is 0 Å². The number of halogens is 4. The fourth-order valence-corrected chi connectivity index (χ4v) is 12.4. The highest BCUT2D eigenvalue weighted by Gasteiger charge is 2.37. The number of aromatic nitrogens is 4. The van der Waals surface area contributed by atoms with Crippen LogP contribution in [-0.2, 0) is 11.3 Å². The Labute approximate surface area is 380 Å². The lowest BCUT2D eigenvalue weighted by Crippen LogP contribution is -2.35. The summed E-state index contributed by atoms with van der Waals surface area (Å²) in [6.45, 7) is 6.03. The van der Waals surface area contributed by atoms with Gasteiger partial charge in [-0.3, -0.25) is 0 Å². The van der Waals surface area contributed by atoms with Crippen molar-refractivity contribution in [1.29, 1.82) is 0 Å². The summed E-state index contributed by atoms with van der Waals surface area (Å²) in [7, 11) is 0. The second-order valence-corrected chi connectivity index (χ2v) is 19.6. The van der Waals surface area contributed by atoms with Crippen molar-refractivity contribution in [3.8, 4) is 0 Å². The lowest BCUT2D eigenvalue weighted by atomic mass is 9.99. The van der Waals surface area contributed by atoms with E-state index in [1.807, 2.05) is 43.3 Å². The minimum Gasteiger partial charge on any atom is -0.445 e. The minimum absolute atomic E-state index is 0.0605. The second kappa shape index (κ2) is 17.6. The van der Waals surface area contributed by atoms with Gasteiger partial charge in [0.2, 0.25) is 0 Å². The molecular formula is C46H38F4N8O2S4. The molecule has 0 radical (unpaired) electrons. The molecule has 18 heteroatoms. The van der Waals surface area contributed by atoms with Crippen LogP contribution in [-0.4, -0.2) is 56.1 Å². The number of rotatable bonds is 8. The maximum absolute atomic E-state index is 15.0. The van der Waals surface area contributed by atoms with Crippen LogP contribution in [0.25, 0.3) is 40.9 Å². The lowest BCUT2D eigenvalue weighted by molar-refractivity contribution is 0.0934. The van der Waals surface area contributed by atoms with Crippen molar-refractivity contribution in [3.63, 3.8) is 0 Å². The predicted molar refractivity (Wildman–Crippen MR) is 250 cm³/mol. The monoisotopic (exact) mass is 938 g/mol. The topological polar surface area (TPSA) is 117 Å². The summed E-state index contributed by atoms with van der Waals surface area (Å²) in [6, 6.07) is 20.1. The average Bonchev–Trinajstić information content (AvgIpc) is 4.16. The lowest BCUT2D eigenvalue weighted by Gasteiger charge is -2.23. The molecule has 2 fully saturated rings. The number of likely N-dealkylation sites (tertiary alicyclic amines) is 1. The molecule has 2 aliphatic rings. The summed E-state index contributed by atoms with van der Waals surface area (Å²) in [5.74, 6) is -2.14. The van der Waals surface area contributed by atoms with Gasteiger partial charge >= 0.3 is 6.09 Å². The zero-order chi connectivity index (χ0) is 44.1. The molecule has 4 unspecified atom stereocenters. The number of nitrogens with one attached hydrogen (secondary N) is 3. The van der Waals surface area contributed by atoms with Crippen molar-refractivity contribution in [1.82, 2.24) is 30.2 Å². The SMILES string of the molecule is CC1C(c2cc3c(Nc4c(F)cc5scnc5c4F)ccnc3s2)CCN1C(=O)OCc1ccccc1.CC1NCCC1c1cc2c(Nc3c(F)cc4scnc4c3F)ccnc2s1. The van der Waals surface area contributed by atoms with E-state index in [-0.39, 0.29) is 47.1 Å².